The van der Waals surface area contributed by atoms with Gasteiger partial charge < -0.3 is 9.73 Å². The highest BCUT2D eigenvalue weighted by atomic mass is 19.1. The minimum Gasteiger partial charge on any atom is -0.459 e. The molecule has 3 heteroatoms. The monoisotopic (exact) mass is 263 g/mol. The lowest BCUT2D eigenvalue weighted by atomic mass is 10.1. The van der Waals surface area contributed by atoms with Crippen molar-refractivity contribution in [1.82, 2.24) is 5.32 Å². The molecule has 0 fully saturated rings. The van der Waals surface area contributed by atoms with Crippen LogP contribution in [0.1, 0.15) is 51.3 Å². The van der Waals surface area contributed by atoms with E-state index in [2.05, 4.69) is 19.2 Å². The van der Waals surface area contributed by atoms with Crippen LogP contribution in [0, 0.1) is 5.82 Å². The molecular weight excluding hydrogens is 241 g/mol. The van der Waals surface area contributed by atoms with E-state index in [0.29, 0.717) is 0 Å². The summed E-state index contributed by atoms with van der Waals surface area (Å²) in [6.45, 7) is 5.20. The Hall–Kier alpha value is -1.35. The summed E-state index contributed by atoms with van der Waals surface area (Å²) < 4.78 is 19.0. The van der Waals surface area contributed by atoms with Crippen LogP contribution in [-0.4, -0.2) is 6.54 Å². The molecule has 0 amide bonds. The van der Waals surface area contributed by atoms with E-state index >= 15 is 0 Å². The van der Waals surface area contributed by atoms with Crippen molar-refractivity contribution in [2.75, 3.05) is 6.54 Å². The van der Waals surface area contributed by atoms with Crippen molar-refractivity contribution < 1.29 is 8.81 Å². The maximum Gasteiger partial charge on any atom is 0.134 e. The molecule has 1 aromatic carbocycles. The number of hydrogen-bond donors (Lipinski definition) is 1. The minimum atomic E-state index is -0.217. The molecule has 0 aliphatic rings. The highest BCUT2D eigenvalue weighted by Gasteiger charge is 2.15. The van der Waals surface area contributed by atoms with E-state index in [9.17, 15) is 4.39 Å². The van der Waals surface area contributed by atoms with E-state index in [1.165, 1.54) is 31.4 Å². The molecule has 2 rings (SSSR count). The highest BCUT2D eigenvalue weighted by molar-refractivity contribution is 5.78. The van der Waals surface area contributed by atoms with Crippen molar-refractivity contribution in [2.45, 2.75) is 45.6 Å². The Labute approximate surface area is 114 Å². The van der Waals surface area contributed by atoms with Gasteiger partial charge in [-0.05, 0) is 37.2 Å². The normalized spacial score (nSPS) is 13.0. The van der Waals surface area contributed by atoms with Gasteiger partial charge in [0.2, 0.25) is 0 Å². The number of hydrogen-bond acceptors (Lipinski definition) is 2. The summed E-state index contributed by atoms with van der Waals surface area (Å²) in [5.41, 5.74) is 0.759. The van der Waals surface area contributed by atoms with Crippen LogP contribution in [0.3, 0.4) is 0 Å². The quantitative estimate of drug-likeness (QED) is 0.726. The lowest BCUT2D eigenvalue weighted by Crippen LogP contribution is -2.20. The van der Waals surface area contributed by atoms with E-state index in [0.717, 1.165) is 29.7 Å². The first-order valence-electron chi connectivity index (χ1n) is 7.17. The Morgan fingerprint density at radius 3 is 2.79 bits per heavy atom. The second kappa shape index (κ2) is 6.71. The molecule has 1 unspecified atom stereocenters. The molecule has 104 valence electrons. The van der Waals surface area contributed by atoms with Crippen molar-refractivity contribution in [1.29, 1.82) is 0 Å². The van der Waals surface area contributed by atoms with Gasteiger partial charge in [0, 0.05) is 5.39 Å². The van der Waals surface area contributed by atoms with Crippen LogP contribution >= 0.6 is 0 Å². The Bertz CT molecular complexity index is 520. The molecule has 0 saturated carbocycles. The van der Waals surface area contributed by atoms with E-state index in [-0.39, 0.29) is 11.9 Å². The topological polar surface area (TPSA) is 25.2 Å². The molecule has 1 N–H and O–H groups in total. The molecule has 1 atom stereocenters. The van der Waals surface area contributed by atoms with Crippen molar-refractivity contribution in [3.8, 4) is 0 Å². The number of nitrogens with one attached hydrogen (secondary N) is 1. The Morgan fingerprint density at radius 1 is 1.21 bits per heavy atom. The predicted molar refractivity (Wildman–Crippen MR) is 76.7 cm³/mol. The average Bonchev–Trinajstić information content (AvgIpc) is 2.80. The van der Waals surface area contributed by atoms with Crippen LogP contribution in [0.25, 0.3) is 11.0 Å². The molecule has 0 aliphatic carbocycles. The fraction of sp³-hybridized carbons (Fsp3) is 0.500. The van der Waals surface area contributed by atoms with Gasteiger partial charge >= 0.3 is 0 Å². The van der Waals surface area contributed by atoms with Crippen LogP contribution in [0.2, 0.25) is 0 Å². The van der Waals surface area contributed by atoms with Crippen molar-refractivity contribution in [2.24, 2.45) is 0 Å². The average molecular weight is 263 g/mol. The van der Waals surface area contributed by atoms with Gasteiger partial charge in [-0.15, -0.1) is 0 Å². The molecule has 0 bridgehead atoms. The molecule has 1 aromatic heterocycles. The first kappa shape index (κ1) is 14.1. The number of unbranched alkanes of at least 4 members (excludes halogenated alkanes) is 2. The maximum atomic E-state index is 13.2. The zero-order valence-corrected chi connectivity index (χ0v) is 11.7. The minimum absolute atomic E-state index is 0.217. The fourth-order valence-electron chi connectivity index (χ4n) is 2.40. The zero-order chi connectivity index (χ0) is 13.7. The second-order valence-corrected chi connectivity index (χ2v) is 4.94. The SMILES string of the molecule is CCCCCC(NCC)c1cc2cc(F)ccc2o1. The van der Waals surface area contributed by atoms with Gasteiger partial charge in [0.15, 0.2) is 0 Å². The molecule has 2 aromatic rings. The summed E-state index contributed by atoms with van der Waals surface area (Å²) in [5.74, 6) is 0.699. The molecule has 19 heavy (non-hydrogen) atoms. The van der Waals surface area contributed by atoms with E-state index in [1.807, 2.05) is 6.07 Å². The number of benzene rings is 1. The van der Waals surface area contributed by atoms with Gasteiger partial charge in [-0.3, -0.25) is 0 Å². The van der Waals surface area contributed by atoms with Gasteiger partial charge in [0.1, 0.15) is 17.2 Å². The molecule has 0 aliphatic heterocycles. The summed E-state index contributed by atoms with van der Waals surface area (Å²) in [6, 6.07) is 6.85. The van der Waals surface area contributed by atoms with Crippen LogP contribution in [0.15, 0.2) is 28.7 Å². The predicted octanol–water partition coefficient (Wildman–Crippen LogP) is 4.80. The van der Waals surface area contributed by atoms with Gasteiger partial charge in [0.05, 0.1) is 6.04 Å². The summed E-state index contributed by atoms with van der Waals surface area (Å²) in [6.07, 6.45) is 4.69. The molecule has 0 spiro atoms. The summed E-state index contributed by atoms with van der Waals surface area (Å²) >= 11 is 0. The Balaban J connectivity index is 2.17. The maximum absolute atomic E-state index is 13.2. The first-order valence-corrected chi connectivity index (χ1v) is 7.17. The van der Waals surface area contributed by atoms with Gasteiger partial charge in [-0.2, -0.15) is 0 Å². The van der Waals surface area contributed by atoms with Gasteiger partial charge in [0.25, 0.3) is 0 Å². The number of furan rings is 1. The third-order valence-corrected chi connectivity index (χ3v) is 3.39. The largest absolute Gasteiger partial charge is 0.459 e. The first-order chi connectivity index (χ1) is 9.24. The fourth-order valence-corrected chi connectivity index (χ4v) is 2.40. The second-order valence-electron chi connectivity index (χ2n) is 4.94. The third-order valence-electron chi connectivity index (χ3n) is 3.39. The summed E-state index contributed by atoms with van der Waals surface area (Å²) in [4.78, 5) is 0. The number of fused-ring (bicyclic) bond motifs is 1. The van der Waals surface area contributed by atoms with Crippen LogP contribution in [-0.2, 0) is 0 Å². The molecule has 1 heterocycles. The lowest BCUT2D eigenvalue weighted by Gasteiger charge is -2.14. The summed E-state index contributed by atoms with van der Waals surface area (Å²) in [5, 5.41) is 4.29. The van der Waals surface area contributed by atoms with Crippen LogP contribution in [0.5, 0.6) is 0 Å². The Kier molecular flexibility index (Phi) is 4.97. The van der Waals surface area contributed by atoms with Crippen LogP contribution < -0.4 is 5.32 Å². The number of rotatable bonds is 7. The Morgan fingerprint density at radius 2 is 2.05 bits per heavy atom. The van der Waals surface area contributed by atoms with Crippen molar-refractivity contribution in [3.05, 3.63) is 35.8 Å². The van der Waals surface area contributed by atoms with Crippen molar-refractivity contribution in [3.63, 3.8) is 0 Å². The van der Waals surface area contributed by atoms with Crippen LogP contribution in [0.4, 0.5) is 4.39 Å². The third kappa shape index (κ3) is 3.57. The van der Waals surface area contributed by atoms with E-state index in [4.69, 9.17) is 4.42 Å². The van der Waals surface area contributed by atoms with Crippen molar-refractivity contribution >= 4 is 11.0 Å². The van der Waals surface area contributed by atoms with Gasteiger partial charge in [-0.25, -0.2) is 4.39 Å². The lowest BCUT2D eigenvalue weighted by molar-refractivity contribution is 0.405. The molecular formula is C16H22FNO. The smallest absolute Gasteiger partial charge is 0.134 e. The van der Waals surface area contributed by atoms with E-state index < -0.39 is 0 Å². The number of halogens is 1. The molecule has 0 radical (unpaired) electrons. The van der Waals surface area contributed by atoms with E-state index in [1.54, 1.807) is 6.07 Å². The zero-order valence-electron chi connectivity index (χ0n) is 11.7. The standard InChI is InChI=1S/C16H22FNO/c1-3-5-6-7-14(18-4-2)16-11-12-10-13(17)8-9-15(12)19-16/h8-11,14,18H,3-7H2,1-2H3. The highest BCUT2D eigenvalue weighted by Crippen LogP contribution is 2.27. The summed E-state index contributed by atoms with van der Waals surface area (Å²) in [7, 11) is 0. The molecule has 0 saturated heterocycles. The van der Waals surface area contributed by atoms with Gasteiger partial charge in [-0.1, -0.05) is 33.1 Å². The molecule has 2 nitrogen and oxygen atoms in total.